The molecular weight excluding hydrogens is 184 g/mol. The van der Waals surface area contributed by atoms with Crippen molar-refractivity contribution in [2.24, 2.45) is 11.7 Å². The average molecular weight is 197 g/mol. The lowest BCUT2D eigenvalue weighted by atomic mass is 10.00. The molecule has 2 N–H and O–H groups in total. The monoisotopic (exact) mass is 197 g/mol. The Balaban J connectivity index is 2.43. The van der Waals surface area contributed by atoms with Gasteiger partial charge in [-0.1, -0.05) is 6.07 Å². The van der Waals surface area contributed by atoms with Crippen molar-refractivity contribution in [3.05, 3.63) is 34.9 Å². The molecular formula is C11H13F2N. The van der Waals surface area contributed by atoms with Gasteiger partial charge in [-0.05, 0) is 37.3 Å². The van der Waals surface area contributed by atoms with E-state index in [0.717, 1.165) is 12.8 Å². The highest BCUT2D eigenvalue weighted by Crippen LogP contribution is 2.41. The van der Waals surface area contributed by atoms with Crippen LogP contribution in [0.2, 0.25) is 0 Å². The molecule has 3 heteroatoms. The van der Waals surface area contributed by atoms with E-state index in [9.17, 15) is 8.78 Å². The lowest BCUT2D eigenvalue weighted by Crippen LogP contribution is -2.16. The van der Waals surface area contributed by atoms with Gasteiger partial charge in [-0.25, -0.2) is 8.78 Å². The first kappa shape index (κ1) is 9.59. The molecule has 1 aromatic carbocycles. The van der Waals surface area contributed by atoms with Crippen LogP contribution in [0.4, 0.5) is 8.78 Å². The molecule has 0 amide bonds. The molecule has 1 saturated carbocycles. The summed E-state index contributed by atoms with van der Waals surface area (Å²) in [6.07, 6.45) is 1.96. The zero-order valence-electron chi connectivity index (χ0n) is 8.06. The van der Waals surface area contributed by atoms with Crippen LogP contribution in [-0.2, 0) is 0 Å². The molecule has 1 aromatic rings. The SMILES string of the molecule is Cc1ccc(F)c(C(N)C2CC2)c1F. The Labute approximate surface area is 81.9 Å². The topological polar surface area (TPSA) is 26.0 Å². The number of halogens is 2. The molecule has 1 nitrogen and oxygen atoms in total. The van der Waals surface area contributed by atoms with Crippen LogP contribution in [-0.4, -0.2) is 0 Å². The van der Waals surface area contributed by atoms with Crippen molar-refractivity contribution in [2.75, 3.05) is 0 Å². The van der Waals surface area contributed by atoms with Gasteiger partial charge in [0.25, 0.3) is 0 Å². The van der Waals surface area contributed by atoms with Crippen molar-refractivity contribution in [3.8, 4) is 0 Å². The maximum atomic E-state index is 13.6. The van der Waals surface area contributed by atoms with E-state index >= 15 is 0 Å². The summed E-state index contributed by atoms with van der Waals surface area (Å²) in [7, 11) is 0. The molecule has 1 aliphatic carbocycles. The molecule has 14 heavy (non-hydrogen) atoms. The first-order valence-electron chi connectivity index (χ1n) is 4.81. The first-order chi connectivity index (χ1) is 6.61. The summed E-state index contributed by atoms with van der Waals surface area (Å²) < 4.78 is 26.9. The standard InChI is InChI=1S/C11H13F2N/c1-6-2-5-8(12)9(10(6)13)11(14)7-3-4-7/h2,5,7,11H,3-4,14H2,1H3. The summed E-state index contributed by atoms with van der Waals surface area (Å²) >= 11 is 0. The fourth-order valence-corrected chi connectivity index (χ4v) is 1.67. The van der Waals surface area contributed by atoms with Crippen LogP contribution in [0.1, 0.15) is 30.0 Å². The fraction of sp³-hybridized carbons (Fsp3) is 0.455. The highest BCUT2D eigenvalue weighted by molar-refractivity contribution is 5.30. The molecule has 2 rings (SSSR count). The van der Waals surface area contributed by atoms with Crippen LogP contribution in [0.3, 0.4) is 0 Å². The third-order valence-electron chi connectivity index (χ3n) is 2.78. The van der Waals surface area contributed by atoms with Gasteiger partial charge >= 0.3 is 0 Å². The Morgan fingerprint density at radius 1 is 1.36 bits per heavy atom. The number of nitrogens with two attached hydrogens (primary N) is 1. The second-order valence-electron chi connectivity index (χ2n) is 3.96. The fourth-order valence-electron chi connectivity index (χ4n) is 1.67. The van der Waals surface area contributed by atoms with Crippen molar-refractivity contribution in [2.45, 2.75) is 25.8 Å². The molecule has 1 atom stereocenters. The van der Waals surface area contributed by atoms with Crippen LogP contribution in [0.5, 0.6) is 0 Å². The quantitative estimate of drug-likeness (QED) is 0.775. The molecule has 0 radical (unpaired) electrons. The van der Waals surface area contributed by atoms with Crippen molar-refractivity contribution < 1.29 is 8.78 Å². The Kier molecular flexibility index (Phi) is 2.27. The Hall–Kier alpha value is -0.960. The van der Waals surface area contributed by atoms with E-state index in [0.29, 0.717) is 5.56 Å². The van der Waals surface area contributed by atoms with E-state index in [1.807, 2.05) is 0 Å². The molecule has 76 valence electrons. The predicted molar refractivity (Wildman–Crippen MR) is 50.7 cm³/mol. The van der Waals surface area contributed by atoms with Gasteiger partial charge in [0.05, 0.1) is 0 Å². The molecule has 0 spiro atoms. The second-order valence-corrected chi connectivity index (χ2v) is 3.96. The van der Waals surface area contributed by atoms with E-state index < -0.39 is 17.7 Å². The lowest BCUT2D eigenvalue weighted by Gasteiger charge is -2.14. The normalized spacial score (nSPS) is 18.3. The Bertz CT molecular complexity index is 359. The van der Waals surface area contributed by atoms with Gasteiger partial charge in [0.1, 0.15) is 11.6 Å². The number of rotatable bonds is 2. The van der Waals surface area contributed by atoms with Gasteiger partial charge in [0.15, 0.2) is 0 Å². The zero-order chi connectivity index (χ0) is 10.3. The largest absolute Gasteiger partial charge is 0.324 e. The van der Waals surface area contributed by atoms with Crippen molar-refractivity contribution >= 4 is 0 Å². The summed E-state index contributed by atoms with van der Waals surface area (Å²) in [5.41, 5.74) is 6.31. The first-order valence-corrected chi connectivity index (χ1v) is 4.81. The summed E-state index contributed by atoms with van der Waals surface area (Å²) in [5.74, 6) is -0.738. The molecule has 1 aliphatic rings. The minimum Gasteiger partial charge on any atom is -0.324 e. The minimum atomic E-state index is -0.521. The minimum absolute atomic E-state index is 0.0625. The molecule has 0 aliphatic heterocycles. The van der Waals surface area contributed by atoms with Gasteiger partial charge in [0, 0.05) is 11.6 Å². The van der Waals surface area contributed by atoms with Crippen molar-refractivity contribution in [1.82, 2.24) is 0 Å². The number of hydrogen-bond donors (Lipinski definition) is 1. The number of aryl methyl sites for hydroxylation is 1. The van der Waals surface area contributed by atoms with E-state index in [2.05, 4.69) is 0 Å². The third-order valence-corrected chi connectivity index (χ3v) is 2.78. The highest BCUT2D eigenvalue weighted by atomic mass is 19.1. The predicted octanol–water partition coefficient (Wildman–Crippen LogP) is 2.68. The van der Waals surface area contributed by atoms with Crippen molar-refractivity contribution in [3.63, 3.8) is 0 Å². The molecule has 1 fully saturated rings. The maximum absolute atomic E-state index is 13.6. The second kappa shape index (κ2) is 3.31. The summed E-state index contributed by atoms with van der Waals surface area (Å²) in [6.45, 7) is 1.62. The van der Waals surface area contributed by atoms with Gasteiger partial charge in [-0.15, -0.1) is 0 Å². The van der Waals surface area contributed by atoms with E-state index in [-0.39, 0.29) is 11.5 Å². The van der Waals surface area contributed by atoms with Crippen LogP contribution in [0, 0.1) is 24.5 Å². The molecule has 0 bridgehead atoms. The molecule has 0 saturated heterocycles. The summed E-state index contributed by atoms with van der Waals surface area (Å²) in [6, 6.07) is 2.25. The van der Waals surface area contributed by atoms with E-state index in [4.69, 9.17) is 5.73 Å². The van der Waals surface area contributed by atoms with Gasteiger partial charge < -0.3 is 5.73 Å². The number of benzene rings is 1. The Morgan fingerprint density at radius 3 is 2.57 bits per heavy atom. The van der Waals surface area contributed by atoms with Gasteiger partial charge in [-0.3, -0.25) is 0 Å². The lowest BCUT2D eigenvalue weighted by molar-refractivity contribution is 0.500. The van der Waals surface area contributed by atoms with Gasteiger partial charge in [-0.2, -0.15) is 0 Å². The molecule has 1 unspecified atom stereocenters. The van der Waals surface area contributed by atoms with Crippen LogP contribution < -0.4 is 5.73 Å². The molecule has 0 aromatic heterocycles. The highest BCUT2D eigenvalue weighted by Gasteiger charge is 2.33. The van der Waals surface area contributed by atoms with E-state index in [1.165, 1.54) is 12.1 Å². The van der Waals surface area contributed by atoms with Crippen molar-refractivity contribution in [1.29, 1.82) is 0 Å². The summed E-state index contributed by atoms with van der Waals surface area (Å²) in [4.78, 5) is 0. The van der Waals surface area contributed by atoms with Crippen LogP contribution >= 0.6 is 0 Å². The van der Waals surface area contributed by atoms with Gasteiger partial charge in [0.2, 0.25) is 0 Å². The zero-order valence-corrected chi connectivity index (χ0v) is 8.06. The van der Waals surface area contributed by atoms with E-state index in [1.54, 1.807) is 6.92 Å². The third kappa shape index (κ3) is 1.52. The molecule has 0 heterocycles. The van der Waals surface area contributed by atoms with Crippen LogP contribution in [0.15, 0.2) is 12.1 Å². The average Bonchev–Trinajstić information content (AvgIpc) is 2.95. The maximum Gasteiger partial charge on any atom is 0.133 e. The summed E-state index contributed by atoms with van der Waals surface area (Å²) in [5, 5.41) is 0. The number of hydrogen-bond acceptors (Lipinski definition) is 1. The van der Waals surface area contributed by atoms with Crippen LogP contribution in [0.25, 0.3) is 0 Å². The smallest absolute Gasteiger partial charge is 0.133 e. The Morgan fingerprint density at radius 2 is 2.00 bits per heavy atom.